The first-order valence-corrected chi connectivity index (χ1v) is 8.49. The van der Waals surface area contributed by atoms with Gasteiger partial charge < -0.3 is 10.1 Å². The van der Waals surface area contributed by atoms with Crippen molar-refractivity contribution in [1.82, 2.24) is 15.1 Å². The predicted molar refractivity (Wildman–Crippen MR) is 99.3 cm³/mol. The van der Waals surface area contributed by atoms with Crippen LogP contribution >= 0.6 is 12.4 Å². The van der Waals surface area contributed by atoms with Gasteiger partial charge >= 0.3 is 0 Å². The molecule has 0 spiro atoms. The molecule has 1 aliphatic heterocycles. The maximum atomic E-state index is 14.2. The van der Waals surface area contributed by atoms with E-state index in [1.165, 1.54) is 4.68 Å². The summed E-state index contributed by atoms with van der Waals surface area (Å²) in [7, 11) is 0. The lowest BCUT2D eigenvalue weighted by Gasteiger charge is -2.22. The number of hydrogen-bond donors (Lipinski definition) is 1. The number of nitrogens with one attached hydrogen (secondary N) is 1. The first-order valence-electron chi connectivity index (χ1n) is 8.49. The van der Waals surface area contributed by atoms with Crippen LogP contribution in [0.15, 0.2) is 42.5 Å². The Labute approximate surface area is 156 Å². The number of hydrogen-bond acceptors (Lipinski definition) is 3. The summed E-state index contributed by atoms with van der Waals surface area (Å²) in [5.41, 5.74) is 0.758. The average Bonchev–Trinajstić information content (AvgIpc) is 3.02. The lowest BCUT2D eigenvalue weighted by molar-refractivity contribution is 0.213. The molecule has 0 amide bonds. The highest BCUT2D eigenvalue weighted by atomic mass is 35.5. The molecule has 2 heterocycles. The molecule has 0 aliphatic carbocycles. The standard InChI is InChI=1S/C19H19F2N3O.ClH/c20-14-7-8-16(21)18(10-14)24-17-6-2-1-5-15(17)19(23-24)25-12-13-4-3-9-22-11-13;/h1-2,5-8,10,13,22H,3-4,9,11-12H2;1H/t13-;/m0./s1. The van der Waals surface area contributed by atoms with Crippen molar-refractivity contribution in [2.45, 2.75) is 12.8 Å². The summed E-state index contributed by atoms with van der Waals surface area (Å²) in [6.07, 6.45) is 2.25. The van der Waals surface area contributed by atoms with Crippen LogP contribution in [0.3, 0.4) is 0 Å². The third kappa shape index (κ3) is 3.66. The van der Waals surface area contributed by atoms with E-state index in [4.69, 9.17) is 4.74 Å². The van der Waals surface area contributed by atoms with Crippen LogP contribution in [-0.4, -0.2) is 29.5 Å². The second kappa shape index (κ2) is 8.01. The van der Waals surface area contributed by atoms with Gasteiger partial charge in [-0.2, -0.15) is 0 Å². The zero-order valence-electron chi connectivity index (χ0n) is 14.1. The number of ether oxygens (including phenoxy) is 1. The SMILES string of the molecule is Cl.Fc1ccc(F)c(-n2nc(OC[C@H]3CCCNC3)c3ccccc32)c1. The van der Waals surface area contributed by atoms with Crippen LogP contribution in [0.2, 0.25) is 0 Å². The molecule has 1 fully saturated rings. The van der Waals surface area contributed by atoms with E-state index < -0.39 is 11.6 Å². The molecule has 4 rings (SSSR count). The van der Waals surface area contributed by atoms with E-state index >= 15 is 0 Å². The van der Waals surface area contributed by atoms with Crippen molar-refractivity contribution in [3.05, 3.63) is 54.1 Å². The maximum absolute atomic E-state index is 14.2. The molecule has 0 saturated carbocycles. The highest BCUT2D eigenvalue weighted by Crippen LogP contribution is 2.29. The van der Waals surface area contributed by atoms with E-state index in [0.29, 0.717) is 23.9 Å². The topological polar surface area (TPSA) is 39.1 Å². The normalized spacial score (nSPS) is 17.1. The van der Waals surface area contributed by atoms with Gasteiger partial charge in [-0.05, 0) is 43.7 Å². The first kappa shape index (κ1) is 18.6. The molecule has 0 unspecified atom stereocenters. The minimum Gasteiger partial charge on any atom is -0.476 e. The van der Waals surface area contributed by atoms with Gasteiger partial charge in [0.05, 0.1) is 17.5 Å². The van der Waals surface area contributed by atoms with E-state index in [2.05, 4.69) is 10.4 Å². The van der Waals surface area contributed by atoms with Gasteiger partial charge in [0.15, 0.2) is 0 Å². The molecule has 4 nitrogen and oxygen atoms in total. The lowest BCUT2D eigenvalue weighted by Crippen LogP contribution is -2.33. The van der Waals surface area contributed by atoms with E-state index in [1.54, 1.807) is 0 Å². The van der Waals surface area contributed by atoms with E-state index in [0.717, 1.165) is 49.5 Å². The Morgan fingerprint density at radius 3 is 2.85 bits per heavy atom. The van der Waals surface area contributed by atoms with E-state index in [1.807, 2.05) is 24.3 Å². The minimum atomic E-state index is -0.530. The number of fused-ring (bicyclic) bond motifs is 1. The van der Waals surface area contributed by atoms with Crippen LogP contribution in [0.1, 0.15) is 12.8 Å². The fourth-order valence-corrected chi connectivity index (χ4v) is 3.24. The summed E-state index contributed by atoms with van der Waals surface area (Å²) < 4.78 is 35.1. The van der Waals surface area contributed by atoms with Gasteiger partial charge in [0.25, 0.3) is 0 Å². The summed E-state index contributed by atoms with van der Waals surface area (Å²) >= 11 is 0. The molecule has 3 aromatic rings. The molecular formula is C19H20ClF2N3O. The van der Waals surface area contributed by atoms with E-state index in [-0.39, 0.29) is 18.1 Å². The lowest BCUT2D eigenvalue weighted by atomic mass is 10.0. The first-order chi connectivity index (χ1) is 12.2. The number of para-hydroxylation sites is 1. The molecule has 1 atom stereocenters. The van der Waals surface area contributed by atoms with Crippen LogP contribution in [0.5, 0.6) is 5.88 Å². The second-order valence-corrected chi connectivity index (χ2v) is 6.35. The van der Waals surface area contributed by atoms with Gasteiger partial charge in [-0.3, -0.25) is 0 Å². The monoisotopic (exact) mass is 379 g/mol. The summed E-state index contributed by atoms with van der Waals surface area (Å²) in [6.45, 7) is 2.53. The molecule has 7 heteroatoms. The molecule has 26 heavy (non-hydrogen) atoms. The fourth-order valence-electron chi connectivity index (χ4n) is 3.24. The highest BCUT2D eigenvalue weighted by Gasteiger charge is 2.18. The van der Waals surface area contributed by atoms with Crippen LogP contribution in [-0.2, 0) is 0 Å². The Hall–Kier alpha value is -2.18. The molecule has 0 radical (unpaired) electrons. The molecule has 138 valence electrons. The Morgan fingerprint density at radius 2 is 2.04 bits per heavy atom. The van der Waals surface area contributed by atoms with Crippen molar-refractivity contribution in [1.29, 1.82) is 0 Å². The molecule has 1 N–H and O–H groups in total. The Balaban J connectivity index is 0.00000196. The highest BCUT2D eigenvalue weighted by molar-refractivity contribution is 5.86. The van der Waals surface area contributed by atoms with Gasteiger partial charge in [0, 0.05) is 18.5 Å². The van der Waals surface area contributed by atoms with Crippen LogP contribution in [0, 0.1) is 17.6 Å². The van der Waals surface area contributed by atoms with Crippen molar-refractivity contribution in [3.63, 3.8) is 0 Å². The smallest absolute Gasteiger partial charge is 0.241 e. The summed E-state index contributed by atoms with van der Waals surface area (Å²) in [4.78, 5) is 0. The van der Waals surface area contributed by atoms with Gasteiger partial charge in [0.1, 0.15) is 17.3 Å². The number of aromatic nitrogens is 2. The molecule has 0 bridgehead atoms. The van der Waals surface area contributed by atoms with Crippen molar-refractivity contribution in [2.75, 3.05) is 19.7 Å². The quantitative estimate of drug-likeness (QED) is 0.741. The Bertz CT molecular complexity index is 894. The molecular weight excluding hydrogens is 360 g/mol. The molecule has 1 aliphatic rings. The van der Waals surface area contributed by atoms with Crippen LogP contribution in [0.4, 0.5) is 8.78 Å². The van der Waals surface area contributed by atoms with Crippen molar-refractivity contribution in [3.8, 4) is 11.6 Å². The second-order valence-electron chi connectivity index (χ2n) is 6.35. The molecule has 1 aromatic heterocycles. The summed E-state index contributed by atoms with van der Waals surface area (Å²) in [5.74, 6) is -0.155. The van der Waals surface area contributed by atoms with Gasteiger partial charge in [-0.15, -0.1) is 17.5 Å². The van der Waals surface area contributed by atoms with Crippen molar-refractivity contribution in [2.24, 2.45) is 5.92 Å². The zero-order valence-corrected chi connectivity index (χ0v) is 14.9. The third-order valence-electron chi connectivity index (χ3n) is 4.54. The largest absolute Gasteiger partial charge is 0.476 e. The van der Waals surface area contributed by atoms with Gasteiger partial charge in [-0.25, -0.2) is 13.5 Å². The van der Waals surface area contributed by atoms with Crippen molar-refractivity contribution >= 4 is 23.3 Å². The van der Waals surface area contributed by atoms with Gasteiger partial charge in [-0.1, -0.05) is 12.1 Å². The van der Waals surface area contributed by atoms with Gasteiger partial charge in [0.2, 0.25) is 5.88 Å². The number of benzene rings is 2. The Kier molecular flexibility index (Phi) is 5.74. The van der Waals surface area contributed by atoms with Crippen LogP contribution in [0.25, 0.3) is 16.6 Å². The maximum Gasteiger partial charge on any atom is 0.241 e. The molecule has 2 aromatic carbocycles. The third-order valence-corrected chi connectivity index (χ3v) is 4.54. The predicted octanol–water partition coefficient (Wildman–Crippen LogP) is 4.10. The van der Waals surface area contributed by atoms with Crippen molar-refractivity contribution < 1.29 is 13.5 Å². The van der Waals surface area contributed by atoms with Crippen LogP contribution < -0.4 is 10.1 Å². The number of nitrogens with zero attached hydrogens (tertiary/aromatic N) is 2. The fraction of sp³-hybridized carbons (Fsp3) is 0.316. The van der Waals surface area contributed by atoms with E-state index in [9.17, 15) is 8.78 Å². The Morgan fingerprint density at radius 1 is 1.19 bits per heavy atom. The number of piperidine rings is 1. The summed E-state index contributed by atoms with van der Waals surface area (Å²) in [5, 5.41) is 8.56. The number of rotatable bonds is 4. The zero-order chi connectivity index (χ0) is 17.2. The minimum absolute atomic E-state index is 0. The number of halogens is 3. The summed E-state index contributed by atoms with van der Waals surface area (Å²) in [6, 6.07) is 10.8. The average molecular weight is 380 g/mol. The molecule has 1 saturated heterocycles.